The molecule has 0 aliphatic rings. The van der Waals surface area contributed by atoms with Crippen LogP contribution in [0, 0.1) is 12.7 Å². The molecule has 7 nitrogen and oxygen atoms in total. The third-order valence-electron chi connectivity index (χ3n) is 6.65. The lowest BCUT2D eigenvalue weighted by atomic mass is 10.1. The molecule has 1 N–H and O–H groups in total. The molecule has 0 aromatic heterocycles. The summed E-state index contributed by atoms with van der Waals surface area (Å²) >= 11 is 0. The summed E-state index contributed by atoms with van der Waals surface area (Å²) in [5.41, 5.74) is 2.20. The van der Waals surface area contributed by atoms with Crippen LogP contribution in [0.5, 0.6) is 0 Å². The molecule has 208 valence electrons. The van der Waals surface area contributed by atoms with Crippen molar-refractivity contribution in [3.8, 4) is 0 Å². The topological polar surface area (TPSA) is 86.8 Å². The number of nitrogens with zero attached hydrogens (tertiary/aromatic N) is 2. The SMILES string of the molecule is CCC(C)NC(=O)C(C)N(CCc1ccccc1)C(=O)CN(c1ccc(C)cc1)S(=O)(=O)c1ccc(F)cc1. The van der Waals surface area contributed by atoms with Gasteiger partial charge in [-0.05, 0) is 75.6 Å². The van der Waals surface area contributed by atoms with Crippen molar-refractivity contribution < 1.29 is 22.4 Å². The number of halogens is 1. The van der Waals surface area contributed by atoms with E-state index in [1.807, 2.05) is 51.1 Å². The molecule has 3 rings (SSSR count). The van der Waals surface area contributed by atoms with Gasteiger partial charge in [-0.3, -0.25) is 13.9 Å². The van der Waals surface area contributed by atoms with E-state index in [0.29, 0.717) is 6.42 Å². The summed E-state index contributed by atoms with van der Waals surface area (Å²) in [7, 11) is -4.23. The van der Waals surface area contributed by atoms with E-state index >= 15 is 0 Å². The molecule has 2 atom stereocenters. The van der Waals surface area contributed by atoms with Crippen LogP contribution in [-0.2, 0) is 26.0 Å². The number of nitrogens with one attached hydrogen (secondary N) is 1. The number of anilines is 1. The van der Waals surface area contributed by atoms with Crippen molar-refractivity contribution in [2.75, 3.05) is 17.4 Å². The molecular weight excluding hydrogens is 517 g/mol. The van der Waals surface area contributed by atoms with E-state index < -0.39 is 34.3 Å². The van der Waals surface area contributed by atoms with Crippen molar-refractivity contribution in [2.45, 2.75) is 57.5 Å². The summed E-state index contributed by atoms with van der Waals surface area (Å²) in [5.74, 6) is -1.40. The zero-order valence-electron chi connectivity index (χ0n) is 22.8. The van der Waals surface area contributed by atoms with Crippen LogP contribution in [0.15, 0.2) is 83.8 Å². The van der Waals surface area contributed by atoms with Crippen LogP contribution < -0.4 is 9.62 Å². The highest BCUT2D eigenvalue weighted by molar-refractivity contribution is 7.92. The second-order valence-electron chi connectivity index (χ2n) is 9.62. The van der Waals surface area contributed by atoms with Gasteiger partial charge in [0.2, 0.25) is 11.8 Å². The number of amides is 2. The van der Waals surface area contributed by atoms with Crippen molar-refractivity contribution >= 4 is 27.5 Å². The Balaban J connectivity index is 1.96. The van der Waals surface area contributed by atoms with E-state index in [9.17, 15) is 22.4 Å². The Morgan fingerprint density at radius 2 is 1.54 bits per heavy atom. The first-order valence-electron chi connectivity index (χ1n) is 13.0. The molecule has 0 bridgehead atoms. The second-order valence-corrected chi connectivity index (χ2v) is 11.5. The lowest BCUT2D eigenvalue weighted by molar-refractivity contribution is -0.139. The highest BCUT2D eigenvalue weighted by Crippen LogP contribution is 2.25. The van der Waals surface area contributed by atoms with E-state index in [2.05, 4.69) is 5.32 Å². The molecule has 3 aromatic carbocycles. The summed E-state index contributed by atoms with van der Waals surface area (Å²) in [6, 6.07) is 19.9. The fraction of sp³-hybridized carbons (Fsp3) is 0.333. The Hall–Kier alpha value is -3.72. The minimum Gasteiger partial charge on any atom is -0.352 e. The molecule has 0 heterocycles. The lowest BCUT2D eigenvalue weighted by Gasteiger charge is -2.32. The lowest BCUT2D eigenvalue weighted by Crippen LogP contribution is -2.53. The predicted molar refractivity (Wildman–Crippen MR) is 151 cm³/mol. The molecule has 3 aromatic rings. The van der Waals surface area contributed by atoms with Gasteiger partial charge in [0.25, 0.3) is 10.0 Å². The largest absolute Gasteiger partial charge is 0.352 e. The quantitative estimate of drug-likeness (QED) is 0.352. The Bertz CT molecular complexity index is 1350. The molecule has 0 saturated carbocycles. The maximum absolute atomic E-state index is 13.8. The van der Waals surface area contributed by atoms with Gasteiger partial charge in [0.15, 0.2) is 0 Å². The van der Waals surface area contributed by atoms with E-state index in [1.54, 1.807) is 31.2 Å². The fourth-order valence-corrected chi connectivity index (χ4v) is 5.42. The Kier molecular flexibility index (Phi) is 10.2. The number of benzene rings is 3. The van der Waals surface area contributed by atoms with Crippen LogP contribution in [0.4, 0.5) is 10.1 Å². The zero-order valence-corrected chi connectivity index (χ0v) is 23.6. The molecule has 2 amide bonds. The maximum Gasteiger partial charge on any atom is 0.264 e. The first-order valence-corrected chi connectivity index (χ1v) is 14.5. The molecule has 0 radical (unpaired) electrons. The van der Waals surface area contributed by atoms with Gasteiger partial charge in [-0.25, -0.2) is 12.8 Å². The van der Waals surface area contributed by atoms with Crippen molar-refractivity contribution in [1.82, 2.24) is 10.2 Å². The monoisotopic (exact) mass is 553 g/mol. The average Bonchev–Trinajstić information content (AvgIpc) is 2.93. The molecule has 9 heteroatoms. The molecule has 0 aliphatic carbocycles. The van der Waals surface area contributed by atoms with Gasteiger partial charge >= 0.3 is 0 Å². The number of hydrogen-bond acceptors (Lipinski definition) is 4. The molecular formula is C30H36FN3O4S. The Labute approximate surface area is 230 Å². The smallest absolute Gasteiger partial charge is 0.264 e. The first kappa shape index (κ1) is 29.8. The second kappa shape index (κ2) is 13.4. The summed E-state index contributed by atoms with van der Waals surface area (Å²) in [6.45, 7) is 7.04. The van der Waals surface area contributed by atoms with Gasteiger partial charge in [-0.1, -0.05) is 55.0 Å². The van der Waals surface area contributed by atoms with Crippen LogP contribution in [0.2, 0.25) is 0 Å². The minimum atomic E-state index is -4.23. The van der Waals surface area contributed by atoms with E-state index in [-0.39, 0.29) is 29.1 Å². The Morgan fingerprint density at radius 3 is 2.13 bits per heavy atom. The van der Waals surface area contributed by atoms with Gasteiger partial charge in [0.1, 0.15) is 18.4 Å². The fourth-order valence-electron chi connectivity index (χ4n) is 4.01. The van der Waals surface area contributed by atoms with Crippen molar-refractivity contribution in [3.63, 3.8) is 0 Å². The first-order chi connectivity index (χ1) is 18.5. The van der Waals surface area contributed by atoms with Crippen LogP contribution in [-0.4, -0.2) is 50.3 Å². The minimum absolute atomic E-state index is 0.0751. The summed E-state index contributed by atoms with van der Waals surface area (Å²) in [5, 5.41) is 2.92. The van der Waals surface area contributed by atoms with Gasteiger partial charge < -0.3 is 10.2 Å². The van der Waals surface area contributed by atoms with Crippen molar-refractivity contribution in [1.29, 1.82) is 0 Å². The standard InChI is InChI=1S/C30H36FN3O4S/c1-5-23(3)32-30(36)24(4)33(20-19-25-9-7-6-8-10-25)29(35)21-34(27-15-11-22(2)12-16-27)39(37,38)28-17-13-26(31)14-18-28/h6-18,23-24H,5,19-21H2,1-4H3,(H,32,36). The normalized spacial score (nSPS) is 12.8. The molecule has 0 fully saturated rings. The third-order valence-corrected chi connectivity index (χ3v) is 8.44. The number of sulfonamides is 1. The highest BCUT2D eigenvalue weighted by Gasteiger charge is 2.32. The van der Waals surface area contributed by atoms with Crippen LogP contribution in [0.3, 0.4) is 0 Å². The summed E-state index contributed by atoms with van der Waals surface area (Å²) in [6.07, 6.45) is 1.22. The van der Waals surface area contributed by atoms with Gasteiger partial charge in [0.05, 0.1) is 10.6 Å². The summed E-state index contributed by atoms with van der Waals surface area (Å²) in [4.78, 5) is 28.1. The highest BCUT2D eigenvalue weighted by atomic mass is 32.2. The molecule has 0 aliphatic heterocycles. The van der Waals surface area contributed by atoms with Gasteiger partial charge in [-0.15, -0.1) is 0 Å². The average molecular weight is 554 g/mol. The maximum atomic E-state index is 13.8. The number of hydrogen-bond donors (Lipinski definition) is 1. The number of carbonyl (C=O) groups is 2. The molecule has 0 saturated heterocycles. The van der Waals surface area contributed by atoms with Crippen LogP contribution >= 0.6 is 0 Å². The van der Waals surface area contributed by atoms with Crippen molar-refractivity contribution in [2.24, 2.45) is 0 Å². The van der Waals surface area contributed by atoms with E-state index in [0.717, 1.165) is 34.0 Å². The van der Waals surface area contributed by atoms with E-state index in [1.165, 1.54) is 17.0 Å². The van der Waals surface area contributed by atoms with Crippen LogP contribution in [0.1, 0.15) is 38.3 Å². The predicted octanol–water partition coefficient (Wildman–Crippen LogP) is 4.70. The molecule has 2 unspecified atom stereocenters. The van der Waals surface area contributed by atoms with Crippen molar-refractivity contribution in [3.05, 3.63) is 95.8 Å². The zero-order chi connectivity index (χ0) is 28.6. The van der Waals surface area contributed by atoms with Gasteiger partial charge in [-0.2, -0.15) is 0 Å². The molecule has 0 spiro atoms. The van der Waals surface area contributed by atoms with Crippen LogP contribution in [0.25, 0.3) is 0 Å². The number of aryl methyl sites for hydroxylation is 1. The van der Waals surface area contributed by atoms with E-state index in [4.69, 9.17) is 0 Å². The number of rotatable bonds is 12. The summed E-state index contributed by atoms with van der Waals surface area (Å²) < 4.78 is 42.0. The molecule has 39 heavy (non-hydrogen) atoms. The number of carbonyl (C=O) groups excluding carboxylic acids is 2. The Morgan fingerprint density at radius 1 is 0.923 bits per heavy atom. The van der Waals surface area contributed by atoms with Gasteiger partial charge in [0, 0.05) is 12.6 Å². The third kappa shape index (κ3) is 7.89.